The highest BCUT2D eigenvalue weighted by Crippen LogP contribution is 2.31. The highest BCUT2D eigenvalue weighted by molar-refractivity contribution is 7.92. The minimum absolute atomic E-state index is 0.166. The number of aromatic nitrogens is 1. The molecule has 1 aliphatic rings. The maximum absolute atomic E-state index is 12.3. The summed E-state index contributed by atoms with van der Waals surface area (Å²) < 4.78 is 34.9. The van der Waals surface area contributed by atoms with E-state index in [2.05, 4.69) is 10.5 Å². The van der Waals surface area contributed by atoms with Crippen molar-refractivity contribution in [2.75, 3.05) is 22.4 Å². The number of benzene rings is 1. The Balaban J connectivity index is 1.67. The number of rotatable bonds is 5. The zero-order chi connectivity index (χ0) is 19.8. The van der Waals surface area contributed by atoms with E-state index < -0.39 is 28.0 Å². The van der Waals surface area contributed by atoms with Crippen LogP contribution in [0.3, 0.4) is 0 Å². The topological polar surface area (TPSA) is 119 Å². The minimum atomic E-state index is -3.36. The van der Waals surface area contributed by atoms with Crippen molar-refractivity contribution in [2.24, 2.45) is 0 Å². The van der Waals surface area contributed by atoms with Gasteiger partial charge in [0.25, 0.3) is 5.91 Å². The first-order valence-electron chi connectivity index (χ1n) is 8.21. The van der Waals surface area contributed by atoms with Crippen molar-refractivity contribution in [1.82, 2.24) is 5.16 Å². The van der Waals surface area contributed by atoms with Crippen LogP contribution in [0.2, 0.25) is 0 Å². The Morgan fingerprint density at radius 1 is 1.33 bits per heavy atom. The zero-order valence-electron chi connectivity index (χ0n) is 15.1. The number of amides is 1. The molecule has 27 heavy (non-hydrogen) atoms. The van der Waals surface area contributed by atoms with Crippen LogP contribution in [0.1, 0.15) is 28.5 Å². The molecule has 0 saturated carbocycles. The van der Waals surface area contributed by atoms with Gasteiger partial charge in [0, 0.05) is 12.6 Å². The van der Waals surface area contributed by atoms with Crippen molar-refractivity contribution in [3.8, 4) is 0 Å². The number of nitrogens with zero attached hydrogens (tertiary/aromatic N) is 2. The molecular weight excluding hydrogens is 374 g/mol. The SMILES string of the molecule is Cc1cc(NC(=O)C(C)OC(=O)c2ccc3c(c2)CCN3S(C)(=O)=O)on1. The van der Waals surface area contributed by atoms with Crippen molar-refractivity contribution in [1.29, 1.82) is 0 Å². The van der Waals surface area contributed by atoms with Crippen LogP contribution < -0.4 is 9.62 Å². The minimum Gasteiger partial charge on any atom is -0.449 e. The van der Waals surface area contributed by atoms with Gasteiger partial charge in [-0.05, 0) is 44.0 Å². The number of esters is 1. The number of aryl methyl sites for hydroxylation is 1. The van der Waals surface area contributed by atoms with E-state index in [9.17, 15) is 18.0 Å². The van der Waals surface area contributed by atoms with Crippen LogP contribution >= 0.6 is 0 Å². The van der Waals surface area contributed by atoms with Gasteiger partial charge >= 0.3 is 5.97 Å². The van der Waals surface area contributed by atoms with E-state index in [4.69, 9.17) is 9.26 Å². The molecule has 1 aromatic carbocycles. The van der Waals surface area contributed by atoms with Crippen LogP contribution in [0, 0.1) is 6.92 Å². The second-order valence-electron chi connectivity index (χ2n) is 6.30. The van der Waals surface area contributed by atoms with Gasteiger partial charge in [-0.15, -0.1) is 0 Å². The number of nitrogens with one attached hydrogen (secondary N) is 1. The zero-order valence-corrected chi connectivity index (χ0v) is 15.9. The van der Waals surface area contributed by atoms with Crippen molar-refractivity contribution >= 4 is 33.5 Å². The lowest BCUT2D eigenvalue weighted by molar-refractivity contribution is -0.123. The van der Waals surface area contributed by atoms with Gasteiger partial charge in [0.15, 0.2) is 6.10 Å². The summed E-state index contributed by atoms with van der Waals surface area (Å²) >= 11 is 0. The van der Waals surface area contributed by atoms with E-state index in [1.807, 2.05) is 0 Å². The maximum atomic E-state index is 12.3. The molecule has 1 atom stereocenters. The fraction of sp³-hybridized carbons (Fsp3) is 0.353. The van der Waals surface area contributed by atoms with Gasteiger partial charge < -0.3 is 9.26 Å². The van der Waals surface area contributed by atoms with Crippen molar-refractivity contribution in [2.45, 2.75) is 26.4 Å². The standard InChI is InChI=1S/C17H19N3O6S/c1-10-8-15(26-19-10)18-16(21)11(2)25-17(22)13-4-5-14-12(9-13)6-7-20(14)27(3,23)24/h4-5,8-9,11H,6-7H2,1-3H3,(H,18,21). The summed E-state index contributed by atoms with van der Waals surface area (Å²) in [5.74, 6) is -1.06. The van der Waals surface area contributed by atoms with Crippen LogP contribution in [-0.4, -0.2) is 44.4 Å². The highest BCUT2D eigenvalue weighted by Gasteiger charge is 2.27. The summed E-state index contributed by atoms with van der Waals surface area (Å²) in [6, 6.07) is 6.19. The molecule has 0 fully saturated rings. The molecule has 1 amide bonds. The lowest BCUT2D eigenvalue weighted by atomic mass is 10.1. The van der Waals surface area contributed by atoms with E-state index in [1.54, 1.807) is 25.1 Å². The number of hydrogen-bond acceptors (Lipinski definition) is 7. The molecule has 10 heteroatoms. The number of anilines is 2. The van der Waals surface area contributed by atoms with Gasteiger partial charge in [-0.3, -0.25) is 14.4 Å². The fourth-order valence-corrected chi connectivity index (χ4v) is 3.73. The molecular formula is C17H19N3O6S. The molecule has 0 spiro atoms. The van der Waals surface area contributed by atoms with Crippen LogP contribution in [-0.2, 0) is 26.0 Å². The molecule has 1 aromatic heterocycles. The summed E-state index contributed by atoms with van der Waals surface area (Å²) in [6.07, 6.45) is 0.592. The average molecular weight is 393 g/mol. The summed E-state index contributed by atoms with van der Waals surface area (Å²) in [4.78, 5) is 24.4. The second kappa shape index (κ2) is 7.03. The summed E-state index contributed by atoms with van der Waals surface area (Å²) in [5, 5.41) is 6.11. The van der Waals surface area contributed by atoms with Gasteiger partial charge in [-0.25, -0.2) is 13.2 Å². The predicted molar refractivity (Wildman–Crippen MR) is 97.1 cm³/mol. The Kier molecular flexibility index (Phi) is 4.92. The Labute approximate surface area is 156 Å². The van der Waals surface area contributed by atoms with Gasteiger partial charge in [0.2, 0.25) is 15.9 Å². The Bertz CT molecular complexity index is 998. The molecule has 3 rings (SSSR count). The number of ether oxygens (including phenoxy) is 1. The maximum Gasteiger partial charge on any atom is 0.338 e. The summed E-state index contributed by atoms with van der Waals surface area (Å²) in [5.41, 5.74) is 2.15. The molecule has 0 saturated heterocycles. The van der Waals surface area contributed by atoms with Crippen molar-refractivity contribution in [3.05, 3.63) is 41.1 Å². The fourth-order valence-electron chi connectivity index (χ4n) is 2.77. The molecule has 9 nitrogen and oxygen atoms in total. The van der Waals surface area contributed by atoms with Gasteiger partial charge in [0.05, 0.1) is 23.2 Å². The Morgan fingerprint density at radius 2 is 2.07 bits per heavy atom. The van der Waals surface area contributed by atoms with E-state index in [0.29, 0.717) is 24.3 Å². The monoisotopic (exact) mass is 393 g/mol. The third kappa shape index (κ3) is 4.11. The van der Waals surface area contributed by atoms with Crippen LogP contribution in [0.25, 0.3) is 0 Å². The van der Waals surface area contributed by atoms with Crippen molar-refractivity contribution in [3.63, 3.8) is 0 Å². The van der Waals surface area contributed by atoms with E-state index in [1.165, 1.54) is 17.3 Å². The number of sulfonamides is 1. The first-order valence-corrected chi connectivity index (χ1v) is 10.1. The molecule has 2 aromatic rings. The number of carbonyl (C=O) groups is 2. The van der Waals surface area contributed by atoms with E-state index in [0.717, 1.165) is 11.8 Å². The van der Waals surface area contributed by atoms with Gasteiger partial charge in [-0.2, -0.15) is 0 Å². The lowest BCUT2D eigenvalue weighted by Crippen LogP contribution is -2.30. The van der Waals surface area contributed by atoms with Gasteiger partial charge in [-0.1, -0.05) is 5.16 Å². The third-order valence-electron chi connectivity index (χ3n) is 4.10. The molecule has 0 radical (unpaired) electrons. The first kappa shape index (κ1) is 18.9. The van der Waals surface area contributed by atoms with Crippen LogP contribution in [0.4, 0.5) is 11.6 Å². The van der Waals surface area contributed by atoms with Crippen LogP contribution in [0.5, 0.6) is 0 Å². The smallest absolute Gasteiger partial charge is 0.338 e. The number of fused-ring (bicyclic) bond motifs is 1. The molecule has 0 aliphatic carbocycles. The lowest BCUT2D eigenvalue weighted by Gasteiger charge is -2.16. The summed E-state index contributed by atoms with van der Waals surface area (Å²) in [7, 11) is -3.36. The average Bonchev–Trinajstić information content (AvgIpc) is 3.19. The predicted octanol–water partition coefficient (Wildman–Crippen LogP) is 1.49. The first-order chi connectivity index (χ1) is 12.6. The summed E-state index contributed by atoms with van der Waals surface area (Å²) in [6.45, 7) is 3.48. The molecule has 1 N–H and O–H groups in total. The van der Waals surface area contributed by atoms with E-state index in [-0.39, 0.29) is 11.4 Å². The molecule has 144 valence electrons. The quantitative estimate of drug-likeness (QED) is 0.764. The Hall–Kier alpha value is -2.88. The van der Waals surface area contributed by atoms with Gasteiger partial charge in [0.1, 0.15) is 0 Å². The van der Waals surface area contributed by atoms with Crippen LogP contribution in [0.15, 0.2) is 28.8 Å². The molecule has 2 heterocycles. The normalized spacial score (nSPS) is 14.6. The molecule has 1 aliphatic heterocycles. The highest BCUT2D eigenvalue weighted by atomic mass is 32.2. The third-order valence-corrected chi connectivity index (χ3v) is 5.28. The van der Waals surface area contributed by atoms with Crippen molar-refractivity contribution < 1.29 is 27.3 Å². The number of hydrogen-bond donors (Lipinski definition) is 1. The Morgan fingerprint density at radius 3 is 2.70 bits per heavy atom. The molecule has 0 bridgehead atoms. The largest absolute Gasteiger partial charge is 0.449 e. The second-order valence-corrected chi connectivity index (χ2v) is 8.20. The van der Waals surface area contributed by atoms with E-state index >= 15 is 0 Å². The number of carbonyl (C=O) groups excluding carboxylic acids is 2. The molecule has 1 unspecified atom stereocenters.